The maximum atomic E-state index is 12.7. The van der Waals surface area contributed by atoms with Crippen LogP contribution in [0, 0.1) is 0 Å². The third-order valence-corrected chi connectivity index (χ3v) is 9.40. The molecule has 0 saturated carbocycles. The number of carbonyl (C=O) groups is 3. The molecule has 0 aromatic heterocycles. The van der Waals surface area contributed by atoms with E-state index in [-0.39, 0.29) is 31.6 Å². The van der Waals surface area contributed by atoms with E-state index in [0.29, 0.717) is 19.3 Å². The molecule has 0 radical (unpaired) electrons. The van der Waals surface area contributed by atoms with Gasteiger partial charge in [0.25, 0.3) is 0 Å². The summed E-state index contributed by atoms with van der Waals surface area (Å²) >= 11 is 0. The summed E-state index contributed by atoms with van der Waals surface area (Å²) in [5.41, 5.74) is 0. The quantitative estimate of drug-likeness (QED) is 0.0265. The molecular weight excluding hydrogens is 745 g/mol. The van der Waals surface area contributed by atoms with E-state index in [4.69, 9.17) is 14.2 Å². The molecule has 336 valence electrons. The van der Waals surface area contributed by atoms with Crippen molar-refractivity contribution in [3.05, 3.63) is 122 Å². The highest BCUT2D eigenvalue weighted by atomic mass is 16.6. The van der Waals surface area contributed by atoms with Crippen LogP contribution in [-0.2, 0) is 28.6 Å². The number of allylic oxidation sites excluding steroid dienone is 20. The molecule has 6 heteroatoms. The number of ether oxygens (including phenoxy) is 3. The summed E-state index contributed by atoms with van der Waals surface area (Å²) in [6, 6.07) is 0. The van der Waals surface area contributed by atoms with Crippen LogP contribution in [0.5, 0.6) is 0 Å². The second kappa shape index (κ2) is 47.5. The molecule has 0 fully saturated rings. The van der Waals surface area contributed by atoms with Crippen LogP contribution in [0.3, 0.4) is 0 Å². The van der Waals surface area contributed by atoms with Crippen LogP contribution >= 0.6 is 0 Å². The van der Waals surface area contributed by atoms with Crippen molar-refractivity contribution in [3.63, 3.8) is 0 Å². The molecule has 0 heterocycles. The maximum Gasteiger partial charge on any atom is 0.306 e. The Morgan fingerprint density at radius 1 is 0.350 bits per heavy atom. The summed E-state index contributed by atoms with van der Waals surface area (Å²) in [5.74, 6) is -1.06. The number of rotatable bonds is 40. The Labute approximate surface area is 367 Å². The second-order valence-electron chi connectivity index (χ2n) is 15.1. The first-order chi connectivity index (χ1) is 29.5. The summed E-state index contributed by atoms with van der Waals surface area (Å²) in [6.07, 6.45) is 64.8. The first-order valence-corrected chi connectivity index (χ1v) is 23.7. The minimum atomic E-state index is -0.836. The fourth-order valence-corrected chi connectivity index (χ4v) is 5.87. The summed E-state index contributed by atoms with van der Waals surface area (Å²) in [7, 11) is 0. The number of esters is 3. The summed E-state index contributed by atoms with van der Waals surface area (Å²) in [6.45, 7) is 6.22. The van der Waals surface area contributed by atoms with Gasteiger partial charge in [-0.15, -0.1) is 0 Å². The zero-order valence-corrected chi connectivity index (χ0v) is 38.2. The molecule has 1 unspecified atom stereocenters. The Kier molecular flexibility index (Phi) is 44.2. The fourth-order valence-electron chi connectivity index (χ4n) is 5.87. The van der Waals surface area contributed by atoms with Gasteiger partial charge in [-0.2, -0.15) is 0 Å². The molecule has 0 aromatic carbocycles. The van der Waals surface area contributed by atoms with Crippen molar-refractivity contribution < 1.29 is 28.6 Å². The molecule has 1 atom stereocenters. The van der Waals surface area contributed by atoms with Gasteiger partial charge in [0.2, 0.25) is 0 Å². The topological polar surface area (TPSA) is 78.9 Å². The van der Waals surface area contributed by atoms with E-state index in [1.165, 1.54) is 44.9 Å². The second-order valence-corrected chi connectivity index (χ2v) is 15.1. The van der Waals surface area contributed by atoms with Gasteiger partial charge in [-0.05, 0) is 77.0 Å². The van der Waals surface area contributed by atoms with E-state index in [1.807, 2.05) is 60.8 Å². The van der Waals surface area contributed by atoms with E-state index < -0.39 is 12.1 Å². The normalized spacial score (nSPS) is 13.2. The highest BCUT2D eigenvalue weighted by Crippen LogP contribution is 2.12. The number of unbranched alkanes of at least 4 members (excludes halogenated alkanes) is 16. The van der Waals surface area contributed by atoms with Crippen molar-refractivity contribution in [1.29, 1.82) is 0 Å². The van der Waals surface area contributed by atoms with Crippen molar-refractivity contribution in [2.24, 2.45) is 0 Å². The lowest BCUT2D eigenvalue weighted by Crippen LogP contribution is -2.30. The van der Waals surface area contributed by atoms with Crippen LogP contribution < -0.4 is 0 Å². The van der Waals surface area contributed by atoms with Gasteiger partial charge in [-0.1, -0.05) is 206 Å². The number of hydrogen-bond donors (Lipinski definition) is 0. The fraction of sp³-hybridized carbons (Fsp3) is 0.574. The number of carbonyl (C=O) groups excluding carboxylic acids is 3. The smallest absolute Gasteiger partial charge is 0.306 e. The Hall–Kier alpha value is -4.19. The molecule has 0 aliphatic heterocycles. The SMILES string of the molecule is CC/C=C/C=C/C=C/C=C/C=C/CCCC(=O)OC(COC(=O)CCCCC/C=C/C=C/CCCCCCCCC)COC(=O)CCCCCCC/C=C/C=C/C=C/CC. The van der Waals surface area contributed by atoms with Gasteiger partial charge in [0, 0.05) is 19.3 Å². The Morgan fingerprint density at radius 2 is 0.667 bits per heavy atom. The highest BCUT2D eigenvalue weighted by Gasteiger charge is 2.19. The standard InChI is InChI=1S/C54H84O6/c1-4-7-10-13-16-19-22-25-26-27-30-32-35-38-41-44-47-53(56)59-50-51(60-54(57)48-45-42-39-36-33-29-24-21-18-15-12-9-6-3)49-58-52(55)46-43-40-37-34-31-28-23-20-17-14-11-8-5-2/h8-9,11-12,14-15,17-18,20-21,23-24,26-27,29-30,32-33,36,39,51H,4-7,10,13,16,19,22,25,28,31,34-35,37-38,40-50H2,1-3H3/b11-8+,12-9+,17-14+,18-15+,23-20+,24-21+,27-26+,32-30+,33-29+,39-36+. The molecule has 0 aliphatic rings. The van der Waals surface area contributed by atoms with Crippen LogP contribution in [0.15, 0.2) is 122 Å². The van der Waals surface area contributed by atoms with Gasteiger partial charge in [0.05, 0.1) is 0 Å². The minimum Gasteiger partial charge on any atom is -0.462 e. The highest BCUT2D eigenvalue weighted by molar-refractivity contribution is 5.71. The molecule has 0 N–H and O–H groups in total. The van der Waals surface area contributed by atoms with Crippen LogP contribution in [0.1, 0.15) is 181 Å². The van der Waals surface area contributed by atoms with E-state index in [0.717, 1.165) is 89.9 Å². The lowest BCUT2D eigenvalue weighted by atomic mass is 10.1. The van der Waals surface area contributed by atoms with Gasteiger partial charge in [0.15, 0.2) is 6.10 Å². The molecule has 6 nitrogen and oxygen atoms in total. The predicted molar refractivity (Wildman–Crippen MR) is 256 cm³/mol. The average Bonchev–Trinajstić information content (AvgIpc) is 3.24. The predicted octanol–water partition coefficient (Wildman–Crippen LogP) is 15.4. The van der Waals surface area contributed by atoms with Crippen LogP contribution in [-0.4, -0.2) is 37.2 Å². The van der Waals surface area contributed by atoms with Crippen LogP contribution in [0.4, 0.5) is 0 Å². The largest absolute Gasteiger partial charge is 0.462 e. The van der Waals surface area contributed by atoms with Crippen molar-refractivity contribution >= 4 is 17.9 Å². The molecular formula is C54H84O6. The Bertz CT molecular complexity index is 1320. The maximum absolute atomic E-state index is 12.7. The van der Waals surface area contributed by atoms with Gasteiger partial charge in [0.1, 0.15) is 13.2 Å². The summed E-state index contributed by atoms with van der Waals surface area (Å²) in [4.78, 5) is 37.8. The third kappa shape index (κ3) is 44.9. The molecule has 0 aliphatic carbocycles. The van der Waals surface area contributed by atoms with Crippen LogP contribution in [0.25, 0.3) is 0 Å². The number of hydrogen-bond acceptors (Lipinski definition) is 6. The monoisotopic (exact) mass is 829 g/mol. The first-order valence-electron chi connectivity index (χ1n) is 23.7. The van der Waals surface area contributed by atoms with Gasteiger partial charge in [-0.25, -0.2) is 0 Å². The first kappa shape index (κ1) is 55.8. The molecule has 60 heavy (non-hydrogen) atoms. The Balaban J connectivity index is 4.58. The zero-order valence-electron chi connectivity index (χ0n) is 38.2. The molecule has 0 rings (SSSR count). The molecule has 0 aromatic rings. The summed E-state index contributed by atoms with van der Waals surface area (Å²) < 4.78 is 16.6. The molecule has 0 saturated heterocycles. The third-order valence-electron chi connectivity index (χ3n) is 9.40. The van der Waals surface area contributed by atoms with Crippen molar-refractivity contribution in [3.8, 4) is 0 Å². The van der Waals surface area contributed by atoms with E-state index in [9.17, 15) is 14.4 Å². The van der Waals surface area contributed by atoms with Gasteiger partial charge in [-0.3, -0.25) is 14.4 Å². The summed E-state index contributed by atoms with van der Waals surface area (Å²) in [5, 5.41) is 0. The van der Waals surface area contributed by atoms with Crippen molar-refractivity contribution in [1.82, 2.24) is 0 Å². The van der Waals surface area contributed by atoms with E-state index in [1.54, 1.807) is 0 Å². The lowest BCUT2D eigenvalue weighted by Gasteiger charge is -2.18. The van der Waals surface area contributed by atoms with Crippen LogP contribution in [0.2, 0.25) is 0 Å². The van der Waals surface area contributed by atoms with Crippen molar-refractivity contribution in [2.45, 2.75) is 187 Å². The minimum absolute atomic E-state index is 0.130. The Morgan fingerprint density at radius 3 is 1.10 bits per heavy atom. The van der Waals surface area contributed by atoms with Gasteiger partial charge >= 0.3 is 17.9 Å². The molecule has 0 bridgehead atoms. The van der Waals surface area contributed by atoms with E-state index in [2.05, 4.69) is 81.5 Å². The van der Waals surface area contributed by atoms with E-state index >= 15 is 0 Å². The van der Waals surface area contributed by atoms with Crippen molar-refractivity contribution in [2.75, 3.05) is 13.2 Å². The zero-order chi connectivity index (χ0) is 43.7. The lowest BCUT2D eigenvalue weighted by molar-refractivity contribution is -0.167. The average molecular weight is 829 g/mol. The molecule has 0 spiro atoms. The van der Waals surface area contributed by atoms with Gasteiger partial charge < -0.3 is 14.2 Å². The molecule has 0 amide bonds.